The van der Waals surface area contributed by atoms with Gasteiger partial charge in [-0.25, -0.2) is 0 Å². The summed E-state index contributed by atoms with van der Waals surface area (Å²) < 4.78 is 0. The van der Waals surface area contributed by atoms with Gasteiger partial charge in [-0.15, -0.1) is 6.58 Å². The fourth-order valence-corrected chi connectivity index (χ4v) is 4.80. The van der Waals surface area contributed by atoms with Crippen molar-refractivity contribution in [2.75, 3.05) is 32.7 Å². The van der Waals surface area contributed by atoms with Crippen molar-refractivity contribution in [1.29, 1.82) is 0 Å². The van der Waals surface area contributed by atoms with Gasteiger partial charge in [0.15, 0.2) is 0 Å². The highest BCUT2D eigenvalue weighted by molar-refractivity contribution is 5.91. The Bertz CT molecular complexity index is 955. The molecule has 2 aromatic rings. The third kappa shape index (κ3) is 4.75. The summed E-state index contributed by atoms with van der Waals surface area (Å²) in [5.74, 6) is 0.0665. The molecule has 6 nitrogen and oxygen atoms in total. The van der Waals surface area contributed by atoms with Gasteiger partial charge < -0.3 is 9.80 Å². The number of likely N-dealkylation sites (tertiary alicyclic amines) is 1. The molecule has 1 aromatic carbocycles. The zero-order chi connectivity index (χ0) is 22.5. The van der Waals surface area contributed by atoms with Crippen LogP contribution in [-0.2, 0) is 16.0 Å². The normalized spacial score (nSPS) is 20.4. The van der Waals surface area contributed by atoms with Crippen molar-refractivity contribution in [3.05, 3.63) is 67.0 Å². The van der Waals surface area contributed by atoms with Crippen molar-refractivity contribution in [3.63, 3.8) is 0 Å². The first-order chi connectivity index (χ1) is 15.6. The van der Waals surface area contributed by atoms with E-state index < -0.39 is 6.04 Å². The van der Waals surface area contributed by atoms with Crippen molar-refractivity contribution in [2.45, 2.75) is 38.3 Å². The fraction of sp³-hybridized carbons (Fsp3) is 0.423. The smallest absolute Gasteiger partial charge is 0.246 e. The lowest BCUT2D eigenvalue weighted by molar-refractivity contribution is -0.153. The van der Waals surface area contributed by atoms with Gasteiger partial charge in [-0.2, -0.15) is 0 Å². The third-order valence-electron chi connectivity index (χ3n) is 6.61. The molecule has 1 aromatic heterocycles. The molecule has 0 saturated carbocycles. The highest BCUT2D eigenvalue weighted by Crippen LogP contribution is 2.24. The summed E-state index contributed by atoms with van der Waals surface area (Å²) in [6.45, 7) is 9.30. The second kappa shape index (κ2) is 10.1. The van der Waals surface area contributed by atoms with Crippen LogP contribution in [0, 0.1) is 0 Å². The Morgan fingerprint density at radius 1 is 1.16 bits per heavy atom. The molecule has 0 spiro atoms. The first-order valence-electron chi connectivity index (χ1n) is 11.5. The number of amides is 2. The van der Waals surface area contributed by atoms with E-state index in [2.05, 4.69) is 22.5 Å². The topological polar surface area (TPSA) is 56.8 Å². The van der Waals surface area contributed by atoms with E-state index in [1.807, 2.05) is 53.3 Å². The first kappa shape index (κ1) is 22.2. The van der Waals surface area contributed by atoms with Gasteiger partial charge in [-0.05, 0) is 55.6 Å². The van der Waals surface area contributed by atoms with Gasteiger partial charge in [0.1, 0.15) is 6.04 Å². The van der Waals surface area contributed by atoms with E-state index in [1.54, 1.807) is 12.3 Å². The minimum absolute atomic E-state index is 0.00454. The Morgan fingerprint density at radius 3 is 2.66 bits per heavy atom. The standard InChI is InChI=1S/C26H32N4O2/c1-3-12-29-15-16-30(25(31)20(2)28-13-4-5-14-28)24(26(29)32)18-21-8-6-9-22(17-21)23-10-7-11-27-19-23/h3,6-11,17,19-20,24H,1,4-5,12-16,18H2,2H3. The van der Waals surface area contributed by atoms with E-state index in [-0.39, 0.29) is 17.9 Å². The van der Waals surface area contributed by atoms with Crippen LogP contribution in [0.2, 0.25) is 0 Å². The summed E-state index contributed by atoms with van der Waals surface area (Å²) in [6, 6.07) is 11.4. The van der Waals surface area contributed by atoms with Gasteiger partial charge in [-0.1, -0.05) is 36.4 Å². The van der Waals surface area contributed by atoms with Crippen molar-refractivity contribution in [3.8, 4) is 11.1 Å². The summed E-state index contributed by atoms with van der Waals surface area (Å²) in [5, 5.41) is 0. The molecule has 3 heterocycles. The second-order valence-corrected chi connectivity index (χ2v) is 8.69. The highest BCUT2D eigenvalue weighted by atomic mass is 16.2. The summed E-state index contributed by atoms with van der Waals surface area (Å²) in [4.78, 5) is 36.9. The average Bonchev–Trinajstić information content (AvgIpc) is 3.37. The van der Waals surface area contributed by atoms with Crippen LogP contribution in [0.4, 0.5) is 0 Å². The van der Waals surface area contributed by atoms with Crippen LogP contribution < -0.4 is 0 Å². The molecule has 2 unspecified atom stereocenters. The largest absolute Gasteiger partial charge is 0.335 e. The maximum atomic E-state index is 13.5. The molecule has 32 heavy (non-hydrogen) atoms. The molecule has 0 N–H and O–H groups in total. The van der Waals surface area contributed by atoms with E-state index in [4.69, 9.17) is 0 Å². The number of nitrogens with zero attached hydrogens (tertiary/aromatic N) is 4. The van der Waals surface area contributed by atoms with Gasteiger partial charge in [0.25, 0.3) is 0 Å². The summed E-state index contributed by atoms with van der Waals surface area (Å²) in [7, 11) is 0. The van der Waals surface area contributed by atoms with Crippen molar-refractivity contribution >= 4 is 11.8 Å². The monoisotopic (exact) mass is 432 g/mol. The Hall–Kier alpha value is -2.99. The molecule has 0 bridgehead atoms. The van der Waals surface area contributed by atoms with E-state index in [1.165, 1.54) is 0 Å². The zero-order valence-corrected chi connectivity index (χ0v) is 18.8. The molecule has 2 saturated heterocycles. The quantitative estimate of drug-likeness (QED) is 0.631. The number of piperazine rings is 1. The number of carbonyl (C=O) groups is 2. The van der Waals surface area contributed by atoms with E-state index in [0.717, 1.165) is 42.6 Å². The summed E-state index contributed by atoms with van der Waals surface area (Å²) >= 11 is 0. The van der Waals surface area contributed by atoms with Crippen molar-refractivity contribution < 1.29 is 9.59 Å². The fourth-order valence-electron chi connectivity index (χ4n) is 4.80. The number of pyridine rings is 1. The minimum Gasteiger partial charge on any atom is -0.335 e. The van der Waals surface area contributed by atoms with Gasteiger partial charge >= 0.3 is 0 Å². The molecule has 4 rings (SSSR count). The molecule has 2 fully saturated rings. The molecule has 0 aliphatic carbocycles. The number of aromatic nitrogens is 1. The van der Waals surface area contributed by atoms with Crippen molar-refractivity contribution in [2.24, 2.45) is 0 Å². The van der Waals surface area contributed by atoms with Gasteiger partial charge in [0, 0.05) is 38.4 Å². The number of carbonyl (C=O) groups excluding carboxylic acids is 2. The summed E-state index contributed by atoms with van der Waals surface area (Å²) in [5.41, 5.74) is 3.13. The van der Waals surface area contributed by atoms with E-state index in [9.17, 15) is 9.59 Å². The lowest BCUT2D eigenvalue weighted by atomic mass is 9.97. The molecular formula is C26H32N4O2. The molecule has 2 amide bonds. The SMILES string of the molecule is C=CCN1CCN(C(=O)C(C)N2CCCC2)C(Cc2cccc(-c3cccnc3)c2)C1=O. The van der Waals surface area contributed by atoms with Crippen LogP contribution in [-0.4, -0.2) is 76.3 Å². The average molecular weight is 433 g/mol. The maximum absolute atomic E-state index is 13.5. The zero-order valence-electron chi connectivity index (χ0n) is 18.8. The van der Waals surface area contributed by atoms with Gasteiger partial charge in [0.05, 0.1) is 6.04 Å². The number of hydrogen-bond donors (Lipinski definition) is 0. The number of rotatable bonds is 7. The Labute approximate surface area is 190 Å². The molecular weight excluding hydrogens is 400 g/mol. The van der Waals surface area contributed by atoms with E-state index in [0.29, 0.717) is 26.1 Å². The number of benzene rings is 1. The van der Waals surface area contributed by atoms with Crippen LogP contribution in [0.3, 0.4) is 0 Å². The first-order valence-corrected chi connectivity index (χ1v) is 11.5. The predicted octanol–water partition coefficient (Wildman–Crippen LogP) is 3.00. The Morgan fingerprint density at radius 2 is 1.94 bits per heavy atom. The number of hydrogen-bond acceptors (Lipinski definition) is 4. The lowest BCUT2D eigenvalue weighted by Gasteiger charge is -2.42. The molecule has 6 heteroatoms. The predicted molar refractivity (Wildman–Crippen MR) is 126 cm³/mol. The third-order valence-corrected chi connectivity index (χ3v) is 6.61. The van der Waals surface area contributed by atoms with Crippen LogP contribution in [0.15, 0.2) is 61.4 Å². The minimum atomic E-state index is -0.495. The molecule has 2 atom stereocenters. The maximum Gasteiger partial charge on any atom is 0.246 e. The van der Waals surface area contributed by atoms with Crippen LogP contribution >= 0.6 is 0 Å². The second-order valence-electron chi connectivity index (χ2n) is 8.69. The Balaban J connectivity index is 1.58. The highest BCUT2D eigenvalue weighted by Gasteiger charge is 2.39. The lowest BCUT2D eigenvalue weighted by Crippen LogP contribution is -2.62. The molecule has 2 aliphatic rings. The Kier molecular flexibility index (Phi) is 7.00. The van der Waals surface area contributed by atoms with Gasteiger partial charge in [0.2, 0.25) is 11.8 Å². The van der Waals surface area contributed by atoms with Crippen LogP contribution in [0.25, 0.3) is 11.1 Å². The van der Waals surface area contributed by atoms with E-state index >= 15 is 0 Å². The van der Waals surface area contributed by atoms with Crippen molar-refractivity contribution in [1.82, 2.24) is 19.7 Å². The van der Waals surface area contributed by atoms with Gasteiger partial charge in [-0.3, -0.25) is 19.5 Å². The van der Waals surface area contributed by atoms with Crippen LogP contribution in [0.5, 0.6) is 0 Å². The van der Waals surface area contributed by atoms with Crippen LogP contribution in [0.1, 0.15) is 25.3 Å². The summed E-state index contributed by atoms with van der Waals surface area (Å²) in [6.07, 6.45) is 8.11. The molecule has 2 aliphatic heterocycles. The molecule has 0 radical (unpaired) electrons. The molecule has 168 valence electrons.